The first-order valence-corrected chi connectivity index (χ1v) is 3.77. The van der Waals surface area contributed by atoms with Crippen LogP contribution < -0.4 is 0 Å². The normalized spacial score (nSPS) is 10.8. The van der Waals surface area contributed by atoms with E-state index in [0.29, 0.717) is 5.92 Å². The maximum atomic E-state index is 3.99. The molecular formula is C8H16N2. The first-order valence-electron chi connectivity index (χ1n) is 3.77. The molecule has 1 aromatic rings. The third-order valence-corrected chi connectivity index (χ3v) is 1.73. The molecule has 1 aromatic heterocycles. The lowest BCUT2D eigenvalue weighted by Gasteiger charge is -2.02. The molecule has 1 rings (SSSR count). The van der Waals surface area contributed by atoms with Crippen molar-refractivity contribution in [3.8, 4) is 0 Å². The fourth-order valence-corrected chi connectivity index (χ4v) is 1.10. The Bertz CT molecular complexity index is 206. The molecule has 0 saturated carbocycles. The quantitative estimate of drug-likeness (QED) is 0.671. The molecule has 0 unspecified atom stereocenters. The smallest absolute Gasteiger partial charge is 0.0524 e. The van der Waals surface area contributed by atoms with Gasteiger partial charge in [0.1, 0.15) is 0 Å². The van der Waals surface area contributed by atoms with Crippen LogP contribution in [0.4, 0.5) is 0 Å². The minimum atomic E-state index is 0. The van der Waals surface area contributed by atoms with Crippen molar-refractivity contribution in [2.45, 2.75) is 33.1 Å². The average molecular weight is 140 g/mol. The van der Waals surface area contributed by atoms with Crippen molar-refractivity contribution in [1.82, 2.24) is 10.2 Å². The van der Waals surface area contributed by atoms with E-state index in [-0.39, 0.29) is 1.43 Å². The Labute approximate surface area is 63.1 Å². The molecule has 0 aromatic carbocycles. The van der Waals surface area contributed by atoms with Crippen LogP contribution >= 0.6 is 0 Å². The molecule has 0 radical (unpaired) electrons. The highest BCUT2D eigenvalue weighted by atomic mass is 15.1. The molecule has 2 nitrogen and oxygen atoms in total. The summed E-state index contributed by atoms with van der Waals surface area (Å²) in [6.45, 7) is 6.51. The first-order chi connectivity index (χ1) is 4.75. The highest BCUT2D eigenvalue weighted by Crippen LogP contribution is 2.16. The molecule has 0 aliphatic carbocycles. The number of aromatic nitrogens is 2. The highest BCUT2D eigenvalue weighted by Gasteiger charge is 2.05. The van der Waals surface area contributed by atoms with E-state index in [0.717, 1.165) is 6.42 Å². The zero-order valence-corrected chi connectivity index (χ0v) is 6.81. The summed E-state index contributed by atoms with van der Waals surface area (Å²) in [6, 6.07) is 0. The monoisotopic (exact) mass is 140 g/mol. The van der Waals surface area contributed by atoms with Gasteiger partial charge in [-0.1, -0.05) is 20.8 Å². The number of rotatable bonds is 2. The second-order valence-corrected chi connectivity index (χ2v) is 2.81. The highest BCUT2D eigenvalue weighted by molar-refractivity contribution is 5.19. The third kappa shape index (κ3) is 1.20. The first kappa shape index (κ1) is 7.32. The molecule has 0 bridgehead atoms. The Morgan fingerprint density at radius 2 is 2.40 bits per heavy atom. The molecule has 58 valence electrons. The van der Waals surface area contributed by atoms with Gasteiger partial charge in [0.15, 0.2) is 0 Å². The van der Waals surface area contributed by atoms with Gasteiger partial charge in [-0.3, -0.25) is 5.10 Å². The molecule has 0 saturated heterocycles. The molecule has 0 atom stereocenters. The summed E-state index contributed by atoms with van der Waals surface area (Å²) < 4.78 is 0. The van der Waals surface area contributed by atoms with E-state index in [2.05, 4.69) is 31.0 Å². The lowest BCUT2D eigenvalue weighted by atomic mass is 10.0. The van der Waals surface area contributed by atoms with Gasteiger partial charge in [-0.25, -0.2) is 0 Å². The Kier molecular flexibility index (Phi) is 2.10. The van der Waals surface area contributed by atoms with Gasteiger partial charge >= 0.3 is 0 Å². The van der Waals surface area contributed by atoms with Crippen molar-refractivity contribution in [3.63, 3.8) is 0 Å². The lowest BCUT2D eigenvalue weighted by molar-refractivity contribution is 0.841. The summed E-state index contributed by atoms with van der Waals surface area (Å²) in [6.07, 6.45) is 2.97. The van der Waals surface area contributed by atoms with Crippen LogP contribution in [0.15, 0.2) is 6.20 Å². The SMILES string of the molecule is CCc1[nH]ncc1C(C)C.[HH]. The Hall–Kier alpha value is -0.790. The van der Waals surface area contributed by atoms with Crippen LogP contribution in [0, 0.1) is 0 Å². The predicted octanol–water partition coefficient (Wildman–Crippen LogP) is 2.34. The van der Waals surface area contributed by atoms with Crippen LogP contribution in [0.5, 0.6) is 0 Å². The number of nitrogens with one attached hydrogen (secondary N) is 1. The van der Waals surface area contributed by atoms with Gasteiger partial charge in [0.25, 0.3) is 0 Å². The van der Waals surface area contributed by atoms with Gasteiger partial charge in [-0.05, 0) is 17.9 Å². The van der Waals surface area contributed by atoms with E-state index in [1.54, 1.807) is 0 Å². The summed E-state index contributed by atoms with van der Waals surface area (Å²) in [5.41, 5.74) is 2.62. The van der Waals surface area contributed by atoms with Crippen molar-refractivity contribution >= 4 is 0 Å². The van der Waals surface area contributed by atoms with Gasteiger partial charge in [-0.15, -0.1) is 0 Å². The summed E-state index contributed by atoms with van der Waals surface area (Å²) in [4.78, 5) is 0. The fourth-order valence-electron chi connectivity index (χ4n) is 1.10. The van der Waals surface area contributed by atoms with Gasteiger partial charge in [0.2, 0.25) is 0 Å². The number of hydrogen-bond acceptors (Lipinski definition) is 1. The maximum absolute atomic E-state index is 3.99. The van der Waals surface area contributed by atoms with Crippen LogP contribution in [0.1, 0.15) is 39.4 Å². The van der Waals surface area contributed by atoms with Crippen LogP contribution in [-0.4, -0.2) is 10.2 Å². The number of hydrogen-bond donors (Lipinski definition) is 1. The maximum Gasteiger partial charge on any atom is 0.0524 e. The lowest BCUT2D eigenvalue weighted by Crippen LogP contribution is -1.90. The summed E-state index contributed by atoms with van der Waals surface area (Å²) in [5, 5.41) is 6.98. The van der Waals surface area contributed by atoms with Crippen LogP contribution in [0.25, 0.3) is 0 Å². The molecular weight excluding hydrogens is 124 g/mol. The van der Waals surface area contributed by atoms with Crippen LogP contribution in [-0.2, 0) is 6.42 Å². The zero-order valence-electron chi connectivity index (χ0n) is 6.81. The van der Waals surface area contributed by atoms with E-state index < -0.39 is 0 Å². The number of nitrogens with zero attached hydrogens (tertiary/aromatic N) is 1. The van der Waals surface area contributed by atoms with Gasteiger partial charge in [0.05, 0.1) is 6.20 Å². The van der Waals surface area contributed by atoms with E-state index in [1.165, 1.54) is 11.3 Å². The molecule has 0 aliphatic rings. The van der Waals surface area contributed by atoms with Gasteiger partial charge in [0, 0.05) is 7.12 Å². The Balaban J connectivity index is 0.000001000. The molecule has 2 heteroatoms. The minimum absolute atomic E-state index is 0. The van der Waals surface area contributed by atoms with Gasteiger partial charge in [-0.2, -0.15) is 5.10 Å². The molecule has 0 amide bonds. The average Bonchev–Trinajstić information content (AvgIpc) is 2.33. The van der Waals surface area contributed by atoms with Gasteiger partial charge < -0.3 is 0 Å². The second-order valence-electron chi connectivity index (χ2n) is 2.81. The number of H-pyrrole nitrogens is 1. The molecule has 0 spiro atoms. The number of aromatic amines is 1. The van der Waals surface area contributed by atoms with Crippen molar-refractivity contribution in [3.05, 3.63) is 17.5 Å². The molecule has 10 heavy (non-hydrogen) atoms. The topological polar surface area (TPSA) is 28.7 Å². The molecule has 0 aliphatic heterocycles. The molecule has 0 fully saturated rings. The Morgan fingerprint density at radius 1 is 1.70 bits per heavy atom. The van der Waals surface area contributed by atoms with E-state index >= 15 is 0 Å². The molecule has 1 N–H and O–H groups in total. The predicted molar refractivity (Wildman–Crippen MR) is 44.2 cm³/mol. The van der Waals surface area contributed by atoms with Crippen molar-refractivity contribution < 1.29 is 1.43 Å². The second kappa shape index (κ2) is 2.86. The Morgan fingerprint density at radius 3 is 2.80 bits per heavy atom. The van der Waals surface area contributed by atoms with Crippen LogP contribution in [0.2, 0.25) is 0 Å². The fraction of sp³-hybridized carbons (Fsp3) is 0.625. The summed E-state index contributed by atoms with van der Waals surface area (Å²) >= 11 is 0. The van der Waals surface area contributed by atoms with Crippen molar-refractivity contribution in [2.75, 3.05) is 0 Å². The van der Waals surface area contributed by atoms with E-state index in [1.807, 2.05) is 6.20 Å². The van der Waals surface area contributed by atoms with Crippen LogP contribution in [0.3, 0.4) is 0 Å². The van der Waals surface area contributed by atoms with Crippen molar-refractivity contribution in [1.29, 1.82) is 0 Å². The molecule has 1 heterocycles. The number of aryl methyl sites for hydroxylation is 1. The summed E-state index contributed by atoms with van der Waals surface area (Å²) in [5.74, 6) is 0.591. The van der Waals surface area contributed by atoms with Crippen molar-refractivity contribution in [2.24, 2.45) is 0 Å². The van der Waals surface area contributed by atoms with E-state index in [9.17, 15) is 0 Å². The third-order valence-electron chi connectivity index (χ3n) is 1.73. The summed E-state index contributed by atoms with van der Waals surface area (Å²) in [7, 11) is 0. The minimum Gasteiger partial charge on any atom is -0.282 e. The standard InChI is InChI=1S/C8H14N2.H2/c1-4-8-7(6(2)3)5-9-10-8;/h5-6H,4H2,1-3H3,(H,9,10);1H. The largest absolute Gasteiger partial charge is 0.282 e. The zero-order chi connectivity index (χ0) is 7.56. The van der Waals surface area contributed by atoms with E-state index in [4.69, 9.17) is 0 Å².